The van der Waals surface area contributed by atoms with E-state index in [1.54, 1.807) is 0 Å². The van der Waals surface area contributed by atoms with E-state index in [1.807, 2.05) is 0 Å². The molecule has 0 spiro atoms. The molecule has 168 valence electrons. The number of anilines is 2. The predicted octanol–water partition coefficient (Wildman–Crippen LogP) is 5.21. The molecule has 2 aliphatic carbocycles. The number of aromatic nitrogens is 2. The first-order chi connectivity index (χ1) is 14.7. The molecule has 2 fully saturated rings. The maximum Gasteiger partial charge on any atom is 0.573 e. The van der Waals surface area contributed by atoms with Crippen molar-refractivity contribution in [3.63, 3.8) is 0 Å². The maximum absolute atomic E-state index is 12.3. The first kappa shape index (κ1) is 22.2. The lowest BCUT2D eigenvalue weighted by Crippen LogP contribution is -2.40. The number of rotatable bonds is 8. The summed E-state index contributed by atoms with van der Waals surface area (Å²) in [5.74, 6) is 2.17. The van der Waals surface area contributed by atoms with Gasteiger partial charge in [0.25, 0.3) is 0 Å². The highest BCUT2D eigenvalue weighted by Gasteiger charge is 2.42. The zero-order valence-corrected chi connectivity index (χ0v) is 18.4. The van der Waals surface area contributed by atoms with E-state index >= 15 is 0 Å². The summed E-state index contributed by atoms with van der Waals surface area (Å²) in [6, 6.07) is 5.54. The summed E-state index contributed by atoms with van der Waals surface area (Å²) in [5, 5.41) is 14.7. The molecule has 2 aliphatic rings. The number of fused-ring (bicyclic) bond motifs is 2. The van der Waals surface area contributed by atoms with E-state index < -0.39 is 6.36 Å². The first-order valence-electron chi connectivity index (χ1n) is 10.1. The normalized spacial score (nSPS) is 23.5. The molecular formula is C20H23F3N4O2S2. The van der Waals surface area contributed by atoms with E-state index in [0.717, 1.165) is 11.8 Å². The van der Waals surface area contributed by atoms with Crippen LogP contribution >= 0.6 is 23.1 Å². The van der Waals surface area contributed by atoms with Gasteiger partial charge in [-0.2, -0.15) is 0 Å². The molecule has 31 heavy (non-hydrogen) atoms. The number of halogens is 3. The molecule has 2 N–H and O–H groups in total. The minimum atomic E-state index is -4.72. The van der Waals surface area contributed by atoms with Crippen molar-refractivity contribution in [3.05, 3.63) is 24.3 Å². The van der Waals surface area contributed by atoms with Crippen LogP contribution in [0.4, 0.5) is 24.0 Å². The number of nitrogens with one attached hydrogen (secondary N) is 2. The van der Waals surface area contributed by atoms with Crippen LogP contribution in [0.1, 0.15) is 32.6 Å². The quantitative estimate of drug-likeness (QED) is 0.514. The van der Waals surface area contributed by atoms with Gasteiger partial charge in [0.05, 0.1) is 5.75 Å². The van der Waals surface area contributed by atoms with E-state index in [4.69, 9.17) is 0 Å². The van der Waals surface area contributed by atoms with Gasteiger partial charge in [0, 0.05) is 11.7 Å². The van der Waals surface area contributed by atoms with Gasteiger partial charge >= 0.3 is 6.36 Å². The minimum absolute atomic E-state index is 0.00904. The highest BCUT2D eigenvalue weighted by Crippen LogP contribution is 2.49. The first-order valence-corrected chi connectivity index (χ1v) is 11.9. The minimum Gasteiger partial charge on any atom is -0.406 e. The van der Waals surface area contributed by atoms with E-state index in [1.165, 1.54) is 73.0 Å². The number of hydrogen-bond donors (Lipinski definition) is 2. The summed E-state index contributed by atoms with van der Waals surface area (Å²) >= 11 is 2.59. The van der Waals surface area contributed by atoms with Crippen LogP contribution in [0.5, 0.6) is 5.75 Å². The SMILES string of the molecule is C[C@@H](NC(=O)CSc1nnc(Nc2ccc(OC(F)(F)F)cc2)s1)[C@H]1C[C@H]2CC[C@H]1C2. The van der Waals surface area contributed by atoms with Crippen LogP contribution < -0.4 is 15.4 Å². The summed E-state index contributed by atoms with van der Waals surface area (Å²) in [5.41, 5.74) is 0.555. The van der Waals surface area contributed by atoms with E-state index in [9.17, 15) is 18.0 Å². The number of hydrogen-bond acceptors (Lipinski definition) is 7. The lowest BCUT2D eigenvalue weighted by atomic mass is 9.84. The Morgan fingerprint density at radius 3 is 2.68 bits per heavy atom. The van der Waals surface area contributed by atoms with Crippen molar-refractivity contribution in [1.82, 2.24) is 15.5 Å². The molecule has 11 heteroatoms. The third kappa shape index (κ3) is 6.03. The molecule has 0 saturated heterocycles. The van der Waals surface area contributed by atoms with Crippen molar-refractivity contribution in [3.8, 4) is 5.75 Å². The van der Waals surface area contributed by atoms with Crippen molar-refractivity contribution in [1.29, 1.82) is 0 Å². The van der Waals surface area contributed by atoms with Gasteiger partial charge in [0.15, 0.2) is 4.34 Å². The molecular weight excluding hydrogens is 449 g/mol. The van der Waals surface area contributed by atoms with Crippen LogP contribution in [0.25, 0.3) is 0 Å². The van der Waals surface area contributed by atoms with Gasteiger partial charge in [-0.05, 0) is 68.2 Å². The topological polar surface area (TPSA) is 76.1 Å². The molecule has 2 aromatic rings. The Labute approximate surface area is 186 Å². The standard InChI is InChI=1S/C20H23F3N4O2S2/c1-11(16-9-12-2-3-13(16)8-12)24-17(28)10-30-19-27-26-18(31-19)25-14-4-6-15(7-5-14)29-20(21,22)23/h4-7,11-13,16H,2-3,8-10H2,1H3,(H,24,28)(H,25,26)/t11-,12+,13+,16-/m1/s1. The maximum atomic E-state index is 12.3. The third-order valence-electron chi connectivity index (χ3n) is 5.90. The number of amides is 1. The van der Waals surface area contributed by atoms with Crippen LogP contribution in [0, 0.1) is 17.8 Å². The molecule has 0 radical (unpaired) electrons. The smallest absolute Gasteiger partial charge is 0.406 e. The summed E-state index contributed by atoms with van der Waals surface area (Å²) < 4.78 is 41.1. The Kier molecular flexibility index (Phi) is 6.61. The van der Waals surface area contributed by atoms with Gasteiger partial charge < -0.3 is 15.4 Å². The largest absolute Gasteiger partial charge is 0.573 e. The lowest BCUT2D eigenvalue weighted by molar-refractivity contribution is -0.274. The molecule has 4 atom stereocenters. The molecule has 2 bridgehead atoms. The molecule has 2 saturated carbocycles. The van der Waals surface area contributed by atoms with Crippen LogP contribution in [0.15, 0.2) is 28.6 Å². The molecule has 1 heterocycles. The second kappa shape index (κ2) is 9.23. The highest BCUT2D eigenvalue weighted by atomic mass is 32.2. The molecule has 1 aromatic heterocycles. The number of nitrogens with zero attached hydrogens (tertiary/aromatic N) is 2. The monoisotopic (exact) mass is 472 g/mol. The van der Waals surface area contributed by atoms with Crippen molar-refractivity contribution in [2.45, 2.75) is 49.4 Å². The number of thioether (sulfide) groups is 1. The van der Waals surface area contributed by atoms with Gasteiger partial charge in [0.1, 0.15) is 5.75 Å². The van der Waals surface area contributed by atoms with Crippen molar-refractivity contribution >= 4 is 39.8 Å². The van der Waals surface area contributed by atoms with Gasteiger partial charge in [-0.3, -0.25) is 4.79 Å². The second-order valence-electron chi connectivity index (χ2n) is 8.05. The predicted molar refractivity (Wildman–Crippen MR) is 114 cm³/mol. The molecule has 6 nitrogen and oxygen atoms in total. The fraction of sp³-hybridized carbons (Fsp3) is 0.550. The summed E-state index contributed by atoms with van der Waals surface area (Å²) in [6.45, 7) is 2.10. The number of carbonyl (C=O) groups excluding carboxylic acids is 1. The Bertz CT molecular complexity index is 907. The van der Waals surface area contributed by atoms with Crippen LogP contribution in [-0.4, -0.2) is 34.3 Å². The van der Waals surface area contributed by atoms with Gasteiger partial charge in [-0.15, -0.1) is 23.4 Å². The van der Waals surface area contributed by atoms with Gasteiger partial charge in [-0.1, -0.05) is 29.5 Å². The van der Waals surface area contributed by atoms with Crippen molar-refractivity contribution < 1.29 is 22.7 Å². The number of carbonyl (C=O) groups is 1. The zero-order chi connectivity index (χ0) is 22.0. The van der Waals surface area contributed by atoms with Crippen molar-refractivity contribution in [2.24, 2.45) is 17.8 Å². The van der Waals surface area contributed by atoms with Crippen LogP contribution in [-0.2, 0) is 4.79 Å². The summed E-state index contributed by atoms with van der Waals surface area (Å²) in [6.07, 6.45) is 0.465. The Morgan fingerprint density at radius 2 is 2.03 bits per heavy atom. The molecule has 0 aliphatic heterocycles. The fourth-order valence-electron chi connectivity index (χ4n) is 4.62. The average Bonchev–Trinajstić information content (AvgIpc) is 3.44. The van der Waals surface area contributed by atoms with Gasteiger partial charge in [-0.25, -0.2) is 0 Å². The Balaban J connectivity index is 1.22. The Hall–Kier alpha value is -2.01. The molecule has 0 unspecified atom stereocenters. The van der Waals surface area contributed by atoms with Crippen LogP contribution in [0.2, 0.25) is 0 Å². The molecule has 4 rings (SSSR count). The van der Waals surface area contributed by atoms with E-state index in [2.05, 4.69) is 32.5 Å². The van der Waals surface area contributed by atoms with Gasteiger partial charge in [0.2, 0.25) is 11.0 Å². The zero-order valence-electron chi connectivity index (χ0n) is 16.8. The van der Waals surface area contributed by atoms with Crippen molar-refractivity contribution in [2.75, 3.05) is 11.1 Å². The number of ether oxygens (including phenoxy) is 1. The third-order valence-corrected chi connectivity index (χ3v) is 7.87. The Morgan fingerprint density at radius 1 is 1.26 bits per heavy atom. The van der Waals surface area contributed by atoms with Crippen LogP contribution in [0.3, 0.4) is 0 Å². The summed E-state index contributed by atoms with van der Waals surface area (Å²) in [4.78, 5) is 12.3. The van der Waals surface area contributed by atoms with E-state index in [0.29, 0.717) is 21.1 Å². The summed E-state index contributed by atoms with van der Waals surface area (Å²) in [7, 11) is 0. The lowest BCUT2D eigenvalue weighted by Gasteiger charge is -2.28. The second-order valence-corrected chi connectivity index (χ2v) is 10.3. The number of alkyl halides is 3. The number of benzene rings is 1. The average molecular weight is 473 g/mol. The molecule has 1 amide bonds. The van der Waals surface area contributed by atoms with E-state index in [-0.39, 0.29) is 23.5 Å². The molecule has 1 aromatic carbocycles. The highest BCUT2D eigenvalue weighted by molar-refractivity contribution is 8.01. The fourth-order valence-corrected chi connectivity index (χ4v) is 6.20.